The third-order valence-corrected chi connectivity index (χ3v) is 5.11. The molecule has 1 aliphatic rings. The number of nitrogens with two attached hydrogens (primary N) is 1. The number of fused-ring (bicyclic) bond motifs is 1. The molecule has 0 amide bonds. The molecule has 118 valence electrons. The van der Waals surface area contributed by atoms with Crippen molar-refractivity contribution in [3.05, 3.63) is 47.6 Å². The summed E-state index contributed by atoms with van der Waals surface area (Å²) in [6, 6.07) is 6.20. The van der Waals surface area contributed by atoms with Gasteiger partial charge >= 0.3 is 0 Å². The van der Waals surface area contributed by atoms with Gasteiger partial charge in [0.25, 0.3) is 0 Å². The summed E-state index contributed by atoms with van der Waals surface area (Å²) < 4.78 is 13.1. The highest BCUT2D eigenvalue weighted by Gasteiger charge is 2.36. The number of nitrogens with zero attached hydrogens (tertiary/aromatic N) is 2. The molecule has 0 aliphatic carbocycles. The molecule has 6 nitrogen and oxygen atoms in total. The van der Waals surface area contributed by atoms with E-state index >= 15 is 0 Å². The maximum absolute atomic E-state index is 9.61. The van der Waals surface area contributed by atoms with E-state index in [0.717, 1.165) is 29.7 Å². The van der Waals surface area contributed by atoms with Crippen molar-refractivity contribution in [1.29, 1.82) is 5.26 Å². The first-order valence-corrected chi connectivity index (χ1v) is 8.79. The SMILES string of the molecule is COc1c(I)cc(I)cc1[C@H]1C(C#N)=C(N)Oc2n[nH]c(C)c21. The van der Waals surface area contributed by atoms with Crippen molar-refractivity contribution >= 4 is 45.2 Å². The highest BCUT2D eigenvalue weighted by molar-refractivity contribution is 14.1. The molecular weight excluding hydrogens is 522 g/mol. The minimum absolute atomic E-state index is 0.0763. The number of rotatable bonds is 2. The molecule has 0 unspecified atom stereocenters. The molecule has 1 aliphatic heterocycles. The lowest BCUT2D eigenvalue weighted by molar-refractivity contribution is 0.374. The molecular formula is C15H12I2N4O2. The molecule has 8 heteroatoms. The maximum atomic E-state index is 9.61. The van der Waals surface area contributed by atoms with Gasteiger partial charge < -0.3 is 15.2 Å². The average molecular weight is 534 g/mol. The summed E-state index contributed by atoms with van der Waals surface area (Å²) in [5.74, 6) is 0.832. The zero-order valence-electron chi connectivity index (χ0n) is 12.3. The van der Waals surface area contributed by atoms with Gasteiger partial charge in [0.2, 0.25) is 11.8 Å². The van der Waals surface area contributed by atoms with Crippen LogP contribution in [0.1, 0.15) is 22.7 Å². The van der Waals surface area contributed by atoms with E-state index in [-0.39, 0.29) is 11.8 Å². The molecule has 0 bridgehead atoms. The number of H-pyrrole nitrogens is 1. The molecule has 1 aromatic carbocycles. The summed E-state index contributed by atoms with van der Waals surface area (Å²) >= 11 is 4.47. The van der Waals surface area contributed by atoms with E-state index < -0.39 is 0 Å². The molecule has 0 spiro atoms. The number of hydrogen-bond donors (Lipinski definition) is 2. The van der Waals surface area contributed by atoms with Gasteiger partial charge in [-0.2, -0.15) is 5.26 Å². The summed E-state index contributed by atoms with van der Waals surface area (Å²) in [6.07, 6.45) is 0. The van der Waals surface area contributed by atoms with Crippen molar-refractivity contribution in [2.45, 2.75) is 12.8 Å². The zero-order valence-corrected chi connectivity index (χ0v) is 16.6. The summed E-state index contributed by atoms with van der Waals surface area (Å²) in [5.41, 5.74) is 8.82. The highest BCUT2D eigenvalue weighted by atomic mass is 127. The fourth-order valence-corrected chi connectivity index (χ4v) is 4.83. The van der Waals surface area contributed by atoms with Gasteiger partial charge in [-0.1, -0.05) is 0 Å². The van der Waals surface area contributed by atoms with E-state index in [1.54, 1.807) is 7.11 Å². The van der Waals surface area contributed by atoms with E-state index in [1.807, 2.05) is 19.1 Å². The summed E-state index contributed by atoms with van der Waals surface area (Å²) in [4.78, 5) is 0. The number of nitrogens with one attached hydrogen (secondary N) is 1. The third-order valence-electron chi connectivity index (χ3n) is 3.68. The van der Waals surface area contributed by atoms with Crippen LogP contribution in [-0.4, -0.2) is 17.3 Å². The number of ether oxygens (including phenoxy) is 2. The molecule has 23 heavy (non-hydrogen) atoms. The van der Waals surface area contributed by atoms with Gasteiger partial charge in [0, 0.05) is 20.4 Å². The lowest BCUT2D eigenvalue weighted by Gasteiger charge is -2.25. The van der Waals surface area contributed by atoms with Crippen molar-refractivity contribution < 1.29 is 9.47 Å². The first kappa shape index (κ1) is 16.4. The monoisotopic (exact) mass is 534 g/mol. The van der Waals surface area contributed by atoms with E-state index in [2.05, 4.69) is 61.4 Å². The third kappa shape index (κ3) is 2.65. The van der Waals surface area contributed by atoms with Crippen molar-refractivity contribution in [3.8, 4) is 17.7 Å². The predicted molar refractivity (Wildman–Crippen MR) is 101 cm³/mol. The van der Waals surface area contributed by atoms with Crippen molar-refractivity contribution in [1.82, 2.24) is 10.2 Å². The Kier molecular flexibility index (Phi) is 4.41. The molecule has 0 saturated carbocycles. The average Bonchev–Trinajstić information content (AvgIpc) is 2.86. The van der Waals surface area contributed by atoms with Gasteiger partial charge in [-0.05, 0) is 64.2 Å². The Labute approximate surface area is 160 Å². The molecule has 1 aromatic heterocycles. The first-order chi connectivity index (χ1) is 11.0. The van der Waals surface area contributed by atoms with Crippen molar-refractivity contribution in [2.75, 3.05) is 7.11 Å². The molecule has 3 rings (SSSR count). The smallest absolute Gasteiger partial charge is 0.244 e. The van der Waals surface area contributed by atoms with Crippen molar-refractivity contribution in [3.63, 3.8) is 0 Å². The Hall–Kier alpha value is -1.48. The fourth-order valence-electron chi connectivity index (χ4n) is 2.72. The number of aryl methyl sites for hydroxylation is 1. The number of aromatic nitrogens is 2. The number of aromatic amines is 1. The molecule has 0 saturated heterocycles. The van der Waals surface area contributed by atoms with Crippen molar-refractivity contribution in [2.24, 2.45) is 5.73 Å². The maximum Gasteiger partial charge on any atom is 0.244 e. The van der Waals surface area contributed by atoms with Crippen LogP contribution in [-0.2, 0) is 0 Å². The van der Waals surface area contributed by atoms with Gasteiger partial charge in [-0.25, -0.2) is 0 Å². The largest absolute Gasteiger partial charge is 0.495 e. The lowest BCUT2D eigenvalue weighted by atomic mass is 9.83. The minimum atomic E-state index is -0.374. The Morgan fingerprint density at radius 2 is 2.17 bits per heavy atom. The first-order valence-electron chi connectivity index (χ1n) is 6.63. The van der Waals surface area contributed by atoms with Crippen LogP contribution in [0.5, 0.6) is 11.6 Å². The Morgan fingerprint density at radius 3 is 2.83 bits per heavy atom. The second kappa shape index (κ2) is 6.20. The fraction of sp³-hybridized carbons (Fsp3) is 0.200. The molecule has 2 aromatic rings. The van der Waals surface area contributed by atoms with Crippen LogP contribution in [0.15, 0.2) is 23.6 Å². The topological polar surface area (TPSA) is 96.9 Å². The van der Waals surface area contributed by atoms with E-state index in [1.165, 1.54) is 0 Å². The number of methoxy groups -OCH3 is 1. The zero-order chi connectivity index (χ0) is 16.7. The molecule has 1 atom stereocenters. The van der Waals surface area contributed by atoms with Crippen LogP contribution in [0.4, 0.5) is 0 Å². The number of hydrogen-bond acceptors (Lipinski definition) is 5. The Balaban J connectivity index is 2.34. The van der Waals surface area contributed by atoms with Crippen LogP contribution in [0.25, 0.3) is 0 Å². The number of halogens is 2. The molecule has 0 fully saturated rings. The summed E-state index contributed by atoms with van der Waals surface area (Å²) in [6.45, 7) is 1.89. The predicted octanol–water partition coefficient (Wildman–Crippen LogP) is 3.15. The van der Waals surface area contributed by atoms with Crippen LogP contribution < -0.4 is 15.2 Å². The van der Waals surface area contributed by atoms with Crippen LogP contribution in [0, 0.1) is 25.4 Å². The summed E-state index contributed by atoms with van der Waals surface area (Å²) in [7, 11) is 1.62. The lowest BCUT2D eigenvalue weighted by Crippen LogP contribution is -2.21. The standard InChI is InChI=1S/C15H12I2N4O2/c1-6-11-12(8-3-7(16)4-10(17)13(8)22-2)9(5-18)14(19)23-15(11)21-20-6/h3-4,12H,19H2,1-2H3,(H,20,21)/t12-/m0/s1. The number of nitriles is 1. The van der Waals surface area contributed by atoms with E-state index in [0.29, 0.717) is 11.5 Å². The Bertz CT molecular complexity index is 867. The van der Waals surface area contributed by atoms with Gasteiger partial charge in [-0.15, -0.1) is 5.10 Å². The normalized spacial score (nSPS) is 16.6. The molecule has 2 heterocycles. The minimum Gasteiger partial charge on any atom is -0.495 e. The van der Waals surface area contributed by atoms with E-state index in [4.69, 9.17) is 15.2 Å². The van der Waals surface area contributed by atoms with E-state index in [9.17, 15) is 5.26 Å². The Morgan fingerprint density at radius 1 is 1.43 bits per heavy atom. The van der Waals surface area contributed by atoms with Gasteiger partial charge in [-0.3, -0.25) is 5.10 Å². The van der Waals surface area contributed by atoms with Crippen LogP contribution in [0.3, 0.4) is 0 Å². The second-order valence-corrected chi connectivity index (χ2v) is 7.41. The summed E-state index contributed by atoms with van der Waals surface area (Å²) in [5, 5.41) is 16.6. The molecule has 0 radical (unpaired) electrons. The van der Waals surface area contributed by atoms with Gasteiger partial charge in [0.05, 0.1) is 16.6 Å². The van der Waals surface area contributed by atoms with Gasteiger partial charge in [0.15, 0.2) is 0 Å². The molecule has 3 N–H and O–H groups in total. The van der Waals surface area contributed by atoms with Gasteiger partial charge in [0.1, 0.15) is 17.4 Å². The highest BCUT2D eigenvalue weighted by Crippen LogP contribution is 2.46. The number of benzene rings is 1. The quantitative estimate of drug-likeness (QED) is 0.578. The van der Waals surface area contributed by atoms with Crippen LogP contribution >= 0.6 is 45.2 Å². The number of allylic oxidation sites excluding steroid dienone is 1. The second-order valence-electron chi connectivity index (χ2n) is 5.00. The van der Waals surface area contributed by atoms with Crippen LogP contribution in [0.2, 0.25) is 0 Å².